The third-order valence-corrected chi connectivity index (χ3v) is 5.79. The zero-order valence-electron chi connectivity index (χ0n) is 14.8. The summed E-state index contributed by atoms with van der Waals surface area (Å²) >= 11 is 1.77. The first-order valence-electron chi connectivity index (χ1n) is 8.59. The Labute approximate surface area is 144 Å². The summed E-state index contributed by atoms with van der Waals surface area (Å²) in [6, 6.07) is 4.04. The van der Waals surface area contributed by atoms with Gasteiger partial charge in [-0.3, -0.25) is 9.69 Å². The van der Waals surface area contributed by atoms with Crippen molar-refractivity contribution in [3.8, 4) is 0 Å². The molecule has 1 saturated heterocycles. The molecule has 1 amide bonds. The Kier molecular flexibility index (Phi) is 6.23. The standard InChI is InChI=1S/C18H31N3OS/c1-13-7-9-21(10-8-13)14(15-6-5-11-23-15)12-20-17(22)16(19)18(2,3)4/h5-6,11,13-14,16H,7-10,12,19H2,1-4H3,(H,20,22)/t14?,16-/m1/s1. The van der Waals surface area contributed by atoms with Gasteiger partial charge in [-0.2, -0.15) is 0 Å². The first-order chi connectivity index (χ1) is 10.8. The molecule has 130 valence electrons. The fourth-order valence-electron chi connectivity index (χ4n) is 2.93. The Bertz CT molecular complexity index is 487. The fraction of sp³-hybridized carbons (Fsp3) is 0.722. The third kappa shape index (κ3) is 5.03. The van der Waals surface area contributed by atoms with E-state index in [2.05, 4.69) is 34.7 Å². The summed E-state index contributed by atoms with van der Waals surface area (Å²) in [6.45, 7) is 11.2. The van der Waals surface area contributed by atoms with Gasteiger partial charge in [0.25, 0.3) is 0 Å². The molecule has 0 radical (unpaired) electrons. The molecule has 5 heteroatoms. The summed E-state index contributed by atoms with van der Waals surface area (Å²) in [5, 5.41) is 5.20. The maximum atomic E-state index is 12.3. The third-order valence-electron chi connectivity index (χ3n) is 4.82. The van der Waals surface area contributed by atoms with Crippen LogP contribution in [-0.2, 0) is 4.79 Å². The lowest BCUT2D eigenvalue weighted by Crippen LogP contribution is -2.50. The van der Waals surface area contributed by atoms with E-state index >= 15 is 0 Å². The highest BCUT2D eigenvalue weighted by molar-refractivity contribution is 7.10. The smallest absolute Gasteiger partial charge is 0.237 e. The van der Waals surface area contributed by atoms with Gasteiger partial charge >= 0.3 is 0 Å². The Hall–Kier alpha value is -0.910. The molecule has 0 aliphatic carbocycles. The maximum absolute atomic E-state index is 12.3. The second-order valence-corrected chi connectivity index (χ2v) is 8.82. The number of piperidine rings is 1. The van der Waals surface area contributed by atoms with E-state index in [4.69, 9.17) is 5.73 Å². The van der Waals surface area contributed by atoms with Crippen molar-refractivity contribution in [1.82, 2.24) is 10.2 Å². The van der Waals surface area contributed by atoms with Crippen molar-refractivity contribution in [2.75, 3.05) is 19.6 Å². The summed E-state index contributed by atoms with van der Waals surface area (Å²) in [6.07, 6.45) is 2.47. The average Bonchev–Trinajstić information content (AvgIpc) is 3.01. The molecular weight excluding hydrogens is 306 g/mol. The van der Waals surface area contributed by atoms with Gasteiger partial charge in [-0.1, -0.05) is 33.8 Å². The molecule has 23 heavy (non-hydrogen) atoms. The predicted octanol–water partition coefficient (Wildman–Crippen LogP) is 3.01. The van der Waals surface area contributed by atoms with Crippen molar-refractivity contribution < 1.29 is 4.79 Å². The lowest BCUT2D eigenvalue weighted by Gasteiger charge is -2.37. The predicted molar refractivity (Wildman–Crippen MR) is 97.5 cm³/mol. The van der Waals surface area contributed by atoms with Crippen LogP contribution in [-0.4, -0.2) is 36.5 Å². The molecule has 4 nitrogen and oxygen atoms in total. The van der Waals surface area contributed by atoms with Crippen LogP contribution in [0.3, 0.4) is 0 Å². The van der Waals surface area contributed by atoms with Gasteiger partial charge in [0.2, 0.25) is 5.91 Å². The van der Waals surface area contributed by atoms with E-state index in [1.807, 2.05) is 20.8 Å². The molecule has 1 aromatic rings. The first kappa shape index (κ1) is 18.4. The lowest BCUT2D eigenvalue weighted by atomic mass is 9.87. The zero-order valence-corrected chi connectivity index (χ0v) is 15.7. The van der Waals surface area contributed by atoms with Gasteiger partial charge in [-0.15, -0.1) is 11.3 Å². The Morgan fingerprint density at radius 3 is 2.61 bits per heavy atom. The molecule has 0 aromatic carbocycles. The summed E-state index contributed by atoms with van der Waals surface area (Å²) in [4.78, 5) is 16.2. The van der Waals surface area contributed by atoms with E-state index in [-0.39, 0.29) is 17.4 Å². The van der Waals surface area contributed by atoms with E-state index in [1.165, 1.54) is 17.7 Å². The van der Waals surface area contributed by atoms with Crippen LogP contribution in [0.15, 0.2) is 17.5 Å². The van der Waals surface area contributed by atoms with E-state index in [9.17, 15) is 4.79 Å². The van der Waals surface area contributed by atoms with Crippen molar-refractivity contribution >= 4 is 17.2 Å². The summed E-state index contributed by atoms with van der Waals surface area (Å²) < 4.78 is 0. The van der Waals surface area contributed by atoms with Crippen LogP contribution >= 0.6 is 11.3 Å². The van der Waals surface area contributed by atoms with Crippen LogP contribution < -0.4 is 11.1 Å². The van der Waals surface area contributed by atoms with E-state index in [1.54, 1.807) is 11.3 Å². The molecule has 1 fully saturated rings. The van der Waals surface area contributed by atoms with Crippen LogP contribution in [0.1, 0.15) is 51.5 Å². The largest absolute Gasteiger partial charge is 0.353 e. The van der Waals surface area contributed by atoms with Crippen molar-refractivity contribution in [1.29, 1.82) is 0 Å². The van der Waals surface area contributed by atoms with Crippen molar-refractivity contribution in [2.45, 2.75) is 52.6 Å². The number of nitrogens with zero attached hydrogens (tertiary/aromatic N) is 1. The van der Waals surface area contributed by atoms with Crippen LogP contribution in [0.25, 0.3) is 0 Å². The minimum atomic E-state index is -0.479. The highest BCUT2D eigenvalue weighted by atomic mass is 32.1. The van der Waals surface area contributed by atoms with Gasteiger partial charge in [0, 0.05) is 11.4 Å². The molecule has 2 heterocycles. The van der Waals surface area contributed by atoms with Gasteiger partial charge in [-0.25, -0.2) is 0 Å². The SMILES string of the molecule is CC1CCN(C(CNC(=O)[C@@H](N)C(C)(C)C)c2cccs2)CC1. The number of carbonyl (C=O) groups is 1. The Morgan fingerprint density at radius 1 is 1.43 bits per heavy atom. The number of hydrogen-bond donors (Lipinski definition) is 2. The number of carbonyl (C=O) groups excluding carboxylic acids is 1. The van der Waals surface area contributed by atoms with Gasteiger partial charge in [-0.05, 0) is 48.7 Å². The zero-order chi connectivity index (χ0) is 17.0. The van der Waals surface area contributed by atoms with E-state index in [0.717, 1.165) is 19.0 Å². The second-order valence-electron chi connectivity index (χ2n) is 7.84. The molecule has 1 aromatic heterocycles. The Morgan fingerprint density at radius 2 is 2.09 bits per heavy atom. The van der Waals surface area contributed by atoms with E-state index < -0.39 is 6.04 Å². The highest BCUT2D eigenvalue weighted by Gasteiger charge is 2.30. The summed E-state index contributed by atoms with van der Waals surface area (Å²) in [5.74, 6) is 0.753. The second kappa shape index (κ2) is 7.77. The normalized spacial score (nSPS) is 20.2. The highest BCUT2D eigenvalue weighted by Crippen LogP contribution is 2.29. The van der Waals surface area contributed by atoms with Gasteiger partial charge < -0.3 is 11.1 Å². The number of nitrogens with one attached hydrogen (secondary N) is 1. The molecule has 1 aliphatic heterocycles. The van der Waals surface area contributed by atoms with Crippen LogP contribution in [0, 0.1) is 11.3 Å². The molecule has 1 aliphatic rings. The molecule has 0 saturated carbocycles. The molecule has 3 N–H and O–H groups in total. The number of amides is 1. The van der Waals surface area contributed by atoms with Gasteiger partial charge in [0.15, 0.2) is 0 Å². The number of rotatable bonds is 5. The number of nitrogens with two attached hydrogens (primary N) is 1. The monoisotopic (exact) mass is 337 g/mol. The number of hydrogen-bond acceptors (Lipinski definition) is 4. The van der Waals surface area contributed by atoms with Crippen LogP contribution in [0.2, 0.25) is 0 Å². The van der Waals surface area contributed by atoms with Gasteiger partial charge in [0.1, 0.15) is 0 Å². The number of thiophene rings is 1. The Balaban J connectivity index is 2.00. The minimum absolute atomic E-state index is 0.0515. The van der Waals surface area contributed by atoms with Crippen molar-refractivity contribution in [3.05, 3.63) is 22.4 Å². The summed E-state index contributed by atoms with van der Waals surface area (Å²) in [5.41, 5.74) is 5.85. The molecular formula is C18H31N3OS. The minimum Gasteiger partial charge on any atom is -0.353 e. The maximum Gasteiger partial charge on any atom is 0.237 e. The molecule has 1 unspecified atom stereocenters. The molecule has 2 atom stereocenters. The topological polar surface area (TPSA) is 58.4 Å². The van der Waals surface area contributed by atoms with Crippen LogP contribution in [0.5, 0.6) is 0 Å². The quantitative estimate of drug-likeness (QED) is 0.868. The van der Waals surface area contributed by atoms with Crippen molar-refractivity contribution in [3.63, 3.8) is 0 Å². The van der Waals surface area contributed by atoms with Crippen molar-refractivity contribution in [2.24, 2.45) is 17.1 Å². The molecule has 2 rings (SSSR count). The summed E-state index contributed by atoms with van der Waals surface area (Å²) in [7, 11) is 0. The first-order valence-corrected chi connectivity index (χ1v) is 9.47. The average molecular weight is 338 g/mol. The molecule has 0 bridgehead atoms. The fourth-order valence-corrected chi connectivity index (χ4v) is 3.79. The van der Waals surface area contributed by atoms with Gasteiger partial charge in [0.05, 0.1) is 12.1 Å². The van der Waals surface area contributed by atoms with Crippen LogP contribution in [0.4, 0.5) is 0 Å². The lowest BCUT2D eigenvalue weighted by molar-refractivity contribution is -0.124. The number of likely N-dealkylation sites (tertiary alicyclic amines) is 1. The van der Waals surface area contributed by atoms with E-state index in [0.29, 0.717) is 6.54 Å². The molecule has 0 spiro atoms.